The summed E-state index contributed by atoms with van der Waals surface area (Å²) in [5.41, 5.74) is 12.1. The number of nitrogens with one attached hydrogen (secondary N) is 1. The molecule has 5 N–H and O–H groups in total. The quantitative estimate of drug-likeness (QED) is 0.668. The summed E-state index contributed by atoms with van der Waals surface area (Å²) in [5, 5.41) is 7.17. The van der Waals surface area contributed by atoms with Crippen molar-refractivity contribution in [2.24, 2.45) is 0 Å². The van der Waals surface area contributed by atoms with Gasteiger partial charge in [0.15, 0.2) is 5.82 Å². The van der Waals surface area contributed by atoms with Crippen molar-refractivity contribution in [3.05, 3.63) is 22.2 Å². The maximum absolute atomic E-state index is 5.87. The molecule has 0 bridgehead atoms. The highest BCUT2D eigenvalue weighted by Gasteiger charge is 2.11. The van der Waals surface area contributed by atoms with E-state index < -0.39 is 0 Å². The Labute approximate surface area is 95.4 Å². The summed E-state index contributed by atoms with van der Waals surface area (Å²) in [6.07, 6.45) is 0. The normalized spacial score (nSPS) is 10.5. The number of aromatic nitrogens is 3. The Kier molecular flexibility index (Phi) is 2.42. The van der Waals surface area contributed by atoms with Crippen molar-refractivity contribution >= 4 is 34.8 Å². The van der Waals surface area contributed by atoms with Crippen LogP contribution in [0.4, 0.5) is 11.6 Å². The van der Waals surface area contributed by atoms with Crippen molar-refractivity contribution in [3.63, 3.8) is 0 Å². The van der Waals surface area contributed by atoms with Crippen LogP contribution in [-0.4, -0.2) is 15.2 Å². The number of hydrogen-bond donors (Lipinski definition) is 3. The fraction of sp³-hybridized carbons (Fsp3) is 0. The zero-order chi connectivity index (χ0) is 11.0. The molecule has 0 aliphatic heterocycles. The van der Waals surface area contributed by atoms with Gasteiger partial charge in [-0.15, -0.1) is 5.10 Å². The third-order valence-corrected chi connectivity index (χ3v) is 2.38. The molecule has 2 rings (SSSR count). The van der Waals surface area contributed by atoms with Crippen LogP contribution in [0.1, 0.15) is 0 Å². The molecule has 0 spiro atoms. The number of benzene rings is 1. The summed E-state index contributed by atoms with van der Waals surface area (Å²) in [6.45, 7) is 0. The maximum atomic E-state index is 5.87. The molecular weight excluding hydrogens is 237 g/mol. The molecule has 0 amide bonds. The van der Waals surface area contributed by atoms with Gasteiger partial charge in [-0.25, -0.2) is 0 Å². The third kappa shape index (κ3) is 1.84. The summed E-state index contributed by atoms with van der Waals surface area (Å²) in [7, 11) is 0. The van der Waals surface area contributed by atoms with E-state index in [0.717, 1.165) is 0 Å². The summed E-state index contributed by atoms with van der Waals surface area (Å²) >= 11 is 11.7. The lowest BCUT2D eigenvalue weighted by molar-refractivity contribution is 1.10. The first-order chi connectivity index (χ1) is 7.08. The predicted octanol–water partition coefficient (Wildman–Crippen LogP) is 1.94. The molecule has 0 aliphatic carbocycles. The van der Waals surface area contributed by atoms with Crippen LogP contribution in [0.2, 0.25) is 10.0 Å². The fourth-order valence-electron chi connectivity index (χ4n) is 1.18. The van der Waals surface area contributed by atoms with Gasteiger partial charge in [0.05, 0.1) is 10.7 Å². The van der Waals surface area contributed by atoms with E-state index in [9.17, 15) is 0 Å². The summed E-state index contributed by atoms with van der Waals surface area (Å²) in [4.78, 5) is 3.94. The van der Waals surface area contributed by atoms with Gasteiger partial charge in [-0.05, 0) is 12.1 Å². The highest BCUT2D eigenvalue weighted by Crippen LogP contribution is 2.33. The van der Waals surface area contributed by atoms with Crippen LogP contribution in [0.15, 0.2) is 12.1 Å². The number of nitrogens with two attached hydrogens (primary N) is 2. The van der Waals surface area contributed by atoms with Gasteiger partial charge < -0.3 is 11.5 Å². The van der Waals surface area contributed by atoms with Crippen LogP contribution in [0.3, 0.4) is 0 Å². The summed E-state index contributed by atoms with van der Waals surface area (Å²) in [5.74, 6) is 0.579. The highest BCUT2D eigenvalue weighted by atomic mass is 35.5. The van der Waals surface area contributed by atoms with Gasteiger partial charge in [-0.1, -0.05) is 23.2 Å². The van der Waals surface area contributed by atoms with Crippen LogP contribution in [0, 0.1) is 0 Å². The Morgan fingerprint density at radius 2 is 1.93 bits per heavy atom. The number of aromatic amines is 1. The smallest absolute Gasteiger partial charge is 0.239 e. The average molecular weight is 244 g/mol. The number of halogens is 2. The first-order valence-electron chi connectivity index (χ1n) is 4.00. The van der Waals surface area contributed by atoms with E-state index in [0.29, 0.717) is 27.1 Å². The molecule has 78 valence electrons. The Hall–Kier alpha value is -1.46. The van der Waals surface area contributed by atoms with Gasteiger partial charge in [0.1, 0.15) is 0 Å². The van der Waals surface area contributed by atoms with E-state index in [1.54, 1.807) is 12.1 Å². The Morgan fingerprint density at radius 3 is 2.53 bits per heavy atom. The molecule has 7 heteroatoms. The summed E-state index contributed by atoms with van der Waals surface area (Å²) in [6, 6.07) is 3.20. The van der Waals surface area contributed by atoms with E-state index in [1.807, 2.05) is 0 Å². The topological polar surface area (TPSA) is 93.6 Å². The minimum Gasteiger partial charge on any atom is -0.397 e. The predicted molar refractivity (Wildman–Crippen MR) is 60.7 cm³/mol. The molecule has 1 aromatic heterocycles. The van der Waals surface area contributed by atoms with Crippen LogP contribution < -0.4 is 11.5 Å². The van der Waals surface area contributed by atoms with Crippen molar-refractivity contribution < 1.29 is 0 Å². The Bertz CT molecular complexity index is 508. The first-order valence-corrected chi connectivity index (χ1v) is 4.76. The number of H-pyrrole nitrogens is 1. The lowest BCUT2D eigenvalue weighted by Crippen LogP contribution is -1.93. The average Bonchev–Trinajstić information content (AvgIpc) is 2.58. The number of hydrogen-bond acceptors (Lipinski definition) is 4. The molecule has 2 aromatic rings. The first kappa shape index (κ1) is 10.1. The molecule has 0 atom stereocenters. The maximum Gasteiger partial charge on any atom is 0.239 e. The zero-order valence-corrected chi connectivity index (χ0v) is 8.97. The van der Waals surface area contributed by atoms with Crippen LogP contribution in [-0.2, 0) is 0 Å². The van der Waals surface area contributed by atoms with Crippen molar-refractivity contribution in [1.29, 1.82) is 0 Å². The molecule has 0 saturated carbocycles. The van der Waals surface area contributed by atoms with Crippen LogP contribution in [0.25, 0.3) is 11.4 Å². The molecule has 0 saturated heterocycles. The molecule has 0 unspecified atom stereocenters. The van der Waals surface area contributed by atoms with Crippen molar-refractivity contribution in [3.8, 4) is 11.4 Å². The minimum absolute atomic E-state index is 0.139. The number of nitrogens with zero attached hydrogens (tertiary/aromatic N) is 2. The second-order valence-corrected chi connectivity index (χ2v) is 3.73. The van der Waals surface area contributed by atoms with Crippen molar-refractivity contribution in [2.75, 3.05) is 11.5 Å². The van der Waals surface area contributed by atoms with Gasteiger partial charge in [0.25, 0.3) is 0 Å². The molecule has 1 heterocycles. The summed E-state index contributed by atoms with van der Waals surface area (Å²) < 4.78 is 0. The molecular formula is C8H7Cl2N5. The standard InChI is InChI=1S/C8H7Cl2N5/c9-3-1-4(6(11)5(10)2-3)7-13-8(12)15-14-7/h1-2H,11H2,(H3,12,13,14,15). The number of anilines is 2. The Morgan fingerprint density at radius 1 is 1.20 bits per heavy atom. The largest absolute Gasteiger partial charge is 0.397 e. The van der Waals surface area contributed by atoms with Crippen molar-refractivity contribution in [1.82, 2.24) is 15.2 Å². The molecule has 1 aromatic carbocycles. The molecule has 5 nitrogen and oxygen atoms in total. The second kappa shape index (κ2) is 3.60. The van der Waals surface area contributed by atoms with Gasteiger partial charge in [0, 0.05) is 10.6 Å². The van der Waals surface area contributed by atoms with Gasteiger partial charge >= 0.3 is 0 Å². The third-order valence-electron chi connectivity index (χ3n) is 1.85. The molecule has 0 fully saturated rings. The lowest BCUT2D eigenvalue weighted by atomic mass is 10.2. The molecule has 0 radical (unpaired) electrons. The van der Waals surface area contributed by atoms with Gasteiger partial charge in [0.2, 0.25) is 5.95 Å². The Balaban J connectivity index is 2.62. The van der Waals surface area contributed by atoms with E-state index in [4.69, 9.17) is 34.7 Å². The van der Waals surface area contributed by atoms with Gasteiger partial charge in [-0.3, -0.25) is 5.10 Å². The van der Waals surface area contributed by atoms with E-state index in [1.165, 1.54) is 0 Å². The van der Waals surface area contributed by atoms with Crippen LogP contribution >= 0.6 is 23.2 Å². The SMILES string of the molecule is Nc1n[nH]c(-c2cc(Cl)cc(Cl)c2N)n1. The number of rotatable bonds is 1. The van der Waals surface area contributed by atoms with E-state index in [2.05, 4.69) is 15.2 Å². The highest BCUT2D eigenvalue weighted by molar-refractivity contribution is 6.37. The minimum atomic E-state index is 0.139. The molecule has 15 heavy (non-hydrogen) atoms. The molecule has 0 aliphatic rings. The van der Waals surface area contributed by atoms with Crippen molar-refractivity contribution in [2.45, 2.75) is 0 Å². The van der Waals surface area contributed by atoms with E-state index >= 15 is 0 Å². The number of nitrogen functional groups attached to an aromatic ring is 2. The van der Waals surface area contributed by atoms with Gasteiger partial charge in [-0.2, -0.15) is 4.98 Å². The second-order valence-electron chi connectivity index (χ2n) is 2.89. The lowest BCUT2D eigenvalue weighted by Gasteiger charge is -2.04. The fourth-order valence-corrected chi connectivity index (χ4v) is 1.67. The zero-order valence-electron chi connectivity index (χ0n) is 7.46. The monoisotopic (exact) mass is 243 g/mol. The van der Waals surface area contributed by atoms with Crippen LogP contribution in [0.5, 0.6) is 0 Å². The van der Waals surface area contributed by atoms with E-state index in [-0.39, 0.29) is 5.95 Å².